The molecular weight excluding hydrogens is 337 g/mol. The highest BCUT2D eigenvalue weighted by molar-refractivity contribution is 6.37. The van der Waals surface area contributed by atoms with Crippen molar-refractivity contribution in [2.24, 2.45) is 0 Å². The Labute approximate surface area is 145 Å². The first kappa shape index (κ1) is 17.7. The number of carbonyl (C=O) groups excluding carboxylic acids is 1. The molecule has 2 aromatic rings. The number of amides is 1. The maximum atomic E-state index is 12.2. The lowest BCUT2D eigenvalue weighted by Gasteiger charge is -2.08. The van der Waals surface area contributed by atoms with Gasteiger partial charge in [0.05, 0.1) is 10.0 Å². The van der Waals surface area contributed by atoms with Gasteiger partial charge in [0.15, 0.2) is 0 Å². The summed E-state index contributed by atoms with van der Waals surface area (Å²) < 4.78 is 1.53. The zero-order valence-electron chi connectivity index (χ0n) is 13.1. The van der Waals surface area contributed by atoms with E-state index in [0.717, 1.165) is 13.0 Å². The molecule has 6 nitrogen and oxygen atoms in total. The van der Waals surface area contributed by atoms with E-state index in [1.165, 1.54) is 4.68 Å². The molecule has 0 aliphatic carbocycles. The van der Waals surface area contributed by atoms with Crippen LogP contribution < -0.4 is 10.6 Å². The van der Waals surface area contributed by atoms with E-state index in [2.05, 4.69) is 20.7 Å². The Morgan fingerprint density at radius 2 is 1.96 bits per heavy atom. The van der Waals surface area contributed by atoms with E-state index in [1.807, 2.05) is 14.0 Å². The summed E-state index contributed by atoms with van der Waals surface area (Å²) in [7, 11) is 1.87. The largest absolute Gasteiger partial charge is 0.349 e. The molecule has 1 amide bonds. The Bertz CT molecular complexity index is 666. The number of nitrogens with zero attached hydrogens (tertiary/aromatic N) is 3. The average molecular weight is 356 g/mol. The maximum Gasteiger partial charge on any atom is 0.290 e. The van der Waals surface area contributed by atoms with Gasteiger partial charge in [-0.2, -0.15) is 0 Å². The van der Waals surface area contributed by atoms with Crippen molar-refractivity contribution >= 4 is 29.1 Å². The smallest absolute Gasteiger partial charge is 0.290 e. The van der Waals surface area contributed by atoms with E-state index >= 15 is 0 Å². The molecule has 1 heterocycles. The predicted molar refractivity (Wildman–Crippen MR) is 91.6 cm³/mol. The van der Waals surface area contributed by atoms with Crippen molar-refractivity contribution in [1.29, 1.82) is 0 Å². The molecule has 0 fully saturated rings. The monoisotopic (exact) mass is 355 g/mol. The van der Waals surface area contributed by atoms with Crippen LogP contribution in [0.2, 0.25) is 10.0 Å². The molecule has 0 atom stereocenters. The van der Waals surface area contributed by atoms with Gasteiger partial charge in [-0.05, 0) is 32.1 Å². The number of hydrogen-bond acceptors (Lipinski definition) is 4. The van der Waals surface area contributed by atoms with Gasteiger partial charge in [-0.1, -0.05) is 36.2 Å². The Morgan fingerprint density at radius 3 is 2.57 bits per heavy atom. The summed E-state index contributed by atoms with van der Waals surface area (Å²) in [6, 6.07) is 5.20. The SMILES string of the molecule is CCc1nc(C(=O)NCCCNC)nn1-c1c(Cl)cccc1Cl. The number of hydrogen-bond donors (Lipinski definition) is 2. The summed E-state index contributed by atoms with van der Waals surface area (Å²) in [4.78, 5) is 16.4. The lowest BCUT2D eigenvalue weighted by Crippen LogP contribution is -2.27. The fourth-order valence-corrected chi connectivity index (χ4v) is 2.64. The second kappa shape index (κ2) is 8.29. The highest BCUT2D eigenvalue weighted by Crippen LogP contribution is 2.28. The number of benzene rings is 1. The quantitative estimate of drug-likeness (QED) is 0.748. The molecule has 0 aliphatic heterocycles. The second-order valence-electron chi connectivity index (χ2n) is 4.90. The van der Waals surface area contributed by atoms with Gasteiger partial charge in [0, 0.05) is 13.0 Å². The van der Waals surface area contributed by atoms with Gasteiger partial charge in [-0.15, -0.1) is 5.10 Å². The minimum atomic E-state index is -0.308. The van der Waals surface area contributed by atoms with Crippen molar-refractivity contribution in [2.45, 2.75) is 19.8 Å². The van der Waals surface area contributed by atoms with Gasteiger partial charge >= 0.3 is 0 Å². The number of carbonyl (C=O) groups is 1. The van der Waals surface area contributed by atoms with Crippen LogP contribution in [0.25, 0.3) is 5.69 Å². The second-order valence-corrected chi connectivity index (χ2v) is 5.71. The van der Waals surface area contributed by atoms with Gasteiger partial charge < -0.3 is 10.6 Å². The molecule has 124 valence electrons. The predicted octanol–water partition coefficient (Wildman–Crippen LogP) is 2.48. The van der Waals surface area contributed by atoms with Crippen LogP contribution in [0.3, 0.4) is 0 Å². The van der Waals surface area contributed by atoms with E-state index in [9.17, 15) is 4.79 Å². The highest BCUT2D eigenvalue weighted by Gasteiger charge is 2.19. The van der Waals surface area contributed by atoms with Crippen LogP contribution in [0, 0.1) is 0 Å². The highest BCUT2D eigenvalue weighted by atomic mass is 35.5. The van der Waals surface area contributed by atoms with Crippen molar-refractivity contribution in [3.05, 3.63) is 39.9 Å². The number of nitrogens with one attached hydrogen (secondary N) is 2. The van der Waals surface area contributed by atoms with Crippen molar-refractivity contribution < 1.29 is 4.79 Å². The molecule has 23 heavy (non-hydrogen) atoms. The lowest BCUT2D eigenvalue weighted by molar-refractivity contribution is 0.0943. The number of rotatable bonds is 7. The summed E-state index contributed by atoms with van der Waals surface area (Å²) in [5.41, 5.74) is 0.536. The molecule has 0 bridgehead atoms. The van der Waals surface area contributed by atoms with Crippen molar-refractivity contribution in [1.82, 2.24) is 25.4 Å². The van der Waals surface area contributed by atoms with Crippen molar-refractivity contribution in [3.63, 3.8) is 0 Å². The Morgan fingerprint density at radius 1 is 1.26 bits per heavy atom. The topological polar surface area (TPSA) is 71.8 Å². The number of aryl methyl sites for hydroxylation is 1. The lowest BCUT2D eigenvalue weighted by atomic mass is 10.3. The average Bonchev–Trinajstić information content (AvgIpc) is 2.95. The fraction of sp³-hybridized carbons (Fsp3) is 0.400. The first-order valence-corrected chi connectivity index (χ1v) is 8.17. The molecule has 0 saturated heterocycles. The van der Waals surface area contributed by atoms with Crippen LogP contribution in [-0.2, 0) is 6.42 Å². The van der Waals surface area contributed by atoms with Gasteiger partial charge in [0.2, 0.25) is 5.82 Å². The summed E-state index contributed by atoms with van der Waals surface area (Å²) in [5.74, 6) is 0.431. The van der Waals surface area contributed by atoms with E-state index < -0.39 is 0 Å². The van der Waals surface area contributed by atoms with Gasteiger partial charge in [-0.3, -0.25) is 4.79 Å². The van der Waals surface area contributed by atoms with Gasteiger partial charge in [0.1, 0.15) is 11.5 Å². The summed E-state index contributed by atoms with van der Waals surface area (Å²) >= 11 is 12.4. The van der Waals surface area contributed by atoms with Crippen LogP contribution in [0.5, 0.6) is 0 Å². The standard InChI is InChI=1S/C15H19Cl2N5O/c1-3-12-20-14(15(23)19-9-5-8-18-2)21-22(12)13-10(16)6-4-7-11(13)17/h4,6-7,18H,3,5,8-9H2,1-2H3,(H,19,23). The van der Waals surface area contributed by atoms with E-state index in [1.54, 1.807) is 18.2 Å². The zero-order valence-corrected chi connectivity index (χ0v) is 14.6. The normalized spacial score (nSPS) is 10.8. The molecular formula is C15H19Cl2N5O. The molecule has 1 aromatic carbocycles. The minimum absolute atomic E-state index is 0.113. The molecule has 0 saturated carbocycles. The van der Waals surface area contributed by atoms with Crippen LogP contribution in [0.1, 0.15) is 29.8 Å². The zero-order chi connectivity index (χ0) is 16.8. The molecule has 1 aromatic heterocycles. The summed E-state index contributed by atoms with van der Waals surface area (Å²) in [6.45, 7) is 3.32. The fourth-order valence-electron chi connectivity index (χ4n) is 2.09. The molecule has 0 aliphatic rings. The first-order chi connectivity index (χ1) is 11.1. The molecule has 2 N–H and O–H groups in total. The van der Waals surface area contributed by atoms with Crippen LogP contribution in [-0.4, -0.2) is 40.8 Å². The molecule has 2 rings (SSSR count). The Kier molecular flexibility index (Phi) is 6.38. The third-order valence-electron chi connectivity index (χ3n) is 3.23. The van der Waals surface area contributed by atoms with Crippen molar-refractivity contribution in [2.75, 3.05) is 20.1 Å². The van der Waals surface area contributed by atoms with E-state index in [4.69, 9.17) is 23.2 Å². The third kappa shape index (κ3) is 4.22. The van der Waals surface area contributed by atoms with Crippen LogP contribution in [0.15, 0.2) is 18.2 Å². The summed E-state index contributed by atoms with van der Waals surface area (Å²) in [5, 5.41) is 11.0. The number of para-hydroxylation sites is 1. The van der Waals surface area contributed by atoms with Gasteiger partial charge in [-0.25, -0.2) is 9.67 Å². The Hall–Kier alpha value is -1.63. The molecule has 0 unspecified atom stereocenters. The minimum Gasteiger partial charge on any atom is -0.349 e. The molecule has 0 radical (unpaired) electrons. The molecule has 0 spiro atoms. The summed E-state index contributed by atoms with van der Waals surface area (Å²) in [6.07, 6.45) is 1.43. The van der Waals surface area contributed by atoms with Crippen LogP contribution >= 0.6 is 23.2 Å². The third-order valence-corrected chi connectivity index (χ3v) is 3.84. The van der Waals surface area contributed by atoms with E-state index in [-0.39, 0.29) is 11.7 Å². The van der Waals surface area contributed by atoms with Gasteiger partial charge in [0.25, 0.3) is 5.91 Å². The first-order valence-electron chi connectivity index (χ1n) is 7.41. The Balaban J connectivity index is 2.26. The number of aromatic nitrogens is 3. The van der Waals surface area contributed by atoms with E-state index in [0.29, 0.717) is 34.5 Å². The maximum absolute atomic E-state index is 12.2. The van der Waals surface area contributed by atoms with Crippen molar-refractivity contribution in [3.8, 4) is 5.69 Å². The number of halogens is 2. The molecule has 8 heteroatoms. The van der Waals surface area contributed by atoms with Crippen LogP contribution in [0.4, 0.5) is 0 Å².